The fourth-order valence-electron chi connectivity index (χ4n) is 2.44. The zero-order valence-electron chi connectivity index (χ0n) is 12.0. The zero-order valence-corrected chi connectivity index (χ0v) is 12.8. The number of rotatable bonds is 4. The van der Waals surface area contributed by atoms with Crippen LogP contribution in [0.15, 0.2) is 18.2 Å². The van der Waals surface area contributed by atoms with Gasteiger partial charge in [-0.1, -0.05) is 37.1 Å². The minimum absolute atomic E-state index is 0.00415. The molecule has 1 fully saturated rings. The van der Waals surface area contributed by atoms with Crippen LogP contribution in [0.1, 0.15) is 32.3 Å². The fourth-order valence-corrected chi connectivity index (χ4v) is 2.63. The van der Waals surface area contributed by atoms with Gasteiger partial charge in [-0.15, -0.1) is 0 Å². The van der Waals surface area contributed by atoms with Crippen molar-refractivity contribution < 1.29 is 14.0 Å². The number of hydrogen-bond donors (Lipinski definition) is 1. The van der Waals surface area contributed by atoms with Crippen molar-refractivity contribution in [2.45, 2.75) is 45.3 Å². The van der Waals surface area contributed by atoms with Gasteiger partial charge in [-0.3, -0.25) is 9.59 Å². The summed E-state index contributed by atoms with van der Waals surface area (Å²) in [5.41, 5.74) is 0.502. The summed E-state index contributed by atoms with van der Waals surface area (Å²) in [7, 11) is 0. The van der Waals surface area contributed by atoms with Gasteiger partial charge in [0.05, 0.1) is 5.02 Å². The van der Waals surface area contributed by atoms with Gasteiger partial charge in [0.2, 0.25) is 11.8 Å². The molecule has 21 heavy (non-hydrogen) atoms. The molecule has 0 spiro atoms. The number of carbonyl (C=O) groups is 2. The molecule has 6 heteroatoms. The highest BCUT2D eigenvalue weighted by Gasteiger charge is 2.37. The predicted octanol–water partition coefficient (Wildman–Crippen LogP) is 2.49. The monoisotopic (exact) mass is 312 g/mol. The first-order chi connectivity index (χ1) is 9.95. The van der Waals surface area contributed by atoms with Crippen LogP contribution in [0.2, 0.25) is 5.02 Å². The second-order valence-electron chi connectivity index (χ2n) is 5.20. The number of halogens is 2. The van der Waals surface area contributed by atoms with Crippen molar-refractivity contribution in [2.75, 3.05) is 0 Å². The number of amides is 2. The van der Waals surface area contributed by atoms with E-state index in [4.69, 9.17) is 11.6 Å². The Hall–Kier alpha value is -1.62. The van der Waals surface area contributed by atoms with Gasteiger partial charge < -0.3 is 10.2 Å². The van der Waals surface area contributed by atoms with E-state index in [1.807, 2.05) is 6.92 Å². The molecule has 0 bridgehead atoms. The lowest BCUT2D eigenvalue weighted by Gasteiger charge is -2.37. The molecule has 1 heterocycles. The number of nitrogens with zero attached hydrogens (tertiary/aromatic N) is 1. The van der Waals surface area contributed by atoms with Gasteiger partial charge in [0.1, 0.15) is 17.9 Å². The standard InChI is InChI=1S/C15H18ClFN2O2/c1-3-5-12-15(21)19(9(2)14(20)18-12)8-10-6-4-7-11(17)13(10)16/h4,6-7,9,12H,3,5,8H2,1-2H3,(H,18,20). The molecule has 1 saturated heterocycles. The van der Waals surface area contributed by atoms with Crippen molar-refractivity contribution in [1.29, 1.82) is 0 Å². The first kappa shape index (κ1) is 15.8. The molecule has 0 radical (unpaired) electrons. The third-order valence-corrected chi connectivity index (χ3v) is 4.12. The number of nitrogens with one attached hydrogen (secondary N) is 1. The van der Waals surface area contributed by atoms with Crippen molar-refractivity contribution in [2.24, 2.45) is 0 Å². The molecule has 2 amide bonds. The van der Waals surface area contributed by atoms with Gasteiger partial charge in [-0.25, -0.2) is 4.39 Å². The molecule has 2 rings (SSSR count). The predicted molar refractivity (Wildman–Crippen MR) is 78.3 cm³/mol. The molecular formula is C15H18ClFN2O2. The fraction of sp³-hybridized carbons (Fsp3) is 0.467. The van der Waals surface area contributed by atoms with Crippen molar-refractivity contribution >= 4 is 23.4 Å². The lowest BCUT2D eigenvalue weighted by molar-refractivity contribution is -0.149. The first-order valence-corrected chi connectivity index (χ1v) is 7.37. The van der Waals surface area contributed by atoms with Crippen LogP contribution in [0.5, 0.6) is 0 Å². The minimum atomic E-state index is -0.593. The van der Waals surface area contributed by atoms with Crippen LogP contribution in [-0.4, -0.2) is 28.8 Å². The SMILES string of the molecule is CCCC1NC(=O)C(C)N(Cc2cccc(F)c2Cl)C1=O. The van der Waals surface area contributed by atoms with Crippen LogP contribution in [0.4, 0.5) is 4.39 Å². The van der Waals surface area contributed by atoms with Crippen LogP contribution in [0, 0.1) is 5.82 Å². The quantitative estimate of drug-likeness (QED) is 0.928. The molecule has 1 N–H and O–H groups in total. The normalized spacial score (nSPS) is 22.4. The van der Waals surface area contributed by atoms with Crippen molar-refractivity contribution in [1.82, 2.24) is 10.2 Å². The van der Waals surface area contributed by atoms with E-state index in [0.717, 1.165) is 6.42 Å². The summed E-state index contributed by atoms with van der Waals surface area (Å²) in [6.07, 6.45) is 1.38. The summed E-state index contributed by atoms with van der Waals surface area (Å²) in [4.78, 5) is 25.9. The molecule has 1 aromatic rings. The van der Waals surface area contributed by atoms with Gasteiger partial charge in [0.15, 0.2) is 0 Å². The Labute approximate surface area is 128 Å². The Morgan fingerprint density at radius 1 is 1.38 bits per heavy atom. The van der Waals surface area contributed by atoms with E-state index in [2.05, 4.69) is 5.32 Å². The number of benzene rings is 1. The van der Waals surface area contributed by atoms with Crippen LogP contribution in [-0.2, 0) is 16.1 Å². The Morgan fingerprint density at radius 2 is 2.10 bits per heavy atom. The smallest absolute Gasteiger partial charge is 0.246 e. The van der Waals surface area contributed by atoms with Crippen molar-refractivity contribution in [3.8, 4) is 0 Å². The van der Waals surface area contributed by atoms with Crippen molar-refractivity contribution in [3.05, 3.63) is 34.6 Å². The van der Waals surface area contributed by atoms with E-state index < -0.39 is 17.9 Å². The number of piperazine rings is 1. The van der Waals surface area contributed by atoms with E-state index >= 15 is 0 Å². The average Bonchev–Trinajstić information content (AvgIpc) is 2.45. The second kappa shape index (κ2) is 6.43. The lowest BCUT2D eigenvalue weighted by Crippen LogP contribution is -2.61. The summed E-state index contributed by atoms with van der Waals surface area (Å²) < 4.78 is 13.5. The maximum Gasteiger partial charge on any atom is 0.246 e. The zero-order chi connectivity index (χ0) is 15.6. The summed E-state index contributed by atoms with van der Waals surface area (Å²) in [6.45, 7) is 3.73. The van der Waals surface area contributed by atoms with Crippen LogP contribution in [0.3, 0.4) is 0 Å². The molecule has 0 saturated carbocycles. The second-order valence-corrected chi connectivity index (χ2v) is 5.58. The minimum Gasteiger partial charge on any atom is -0.343 e. The molecule has 0 aliphatic carbocycles. The molecule has 2 unspecified atom stereocenters. The average molecular weight is 313 g/mol. The summed E-state index contributed by atoms with van der Waals surface area (Å²) >= 11 is 5.93. The van der Waals surface area contributed by atoms with Crippen LogP contribution in [0.25, 0.3) is 0 Å². The lowest BCUT2D eigenvalue weighted by atomic mass is 10.0. The van der Waals surface area contributed by atoms with E-state index in [1.54, 1.807) is 19.1 Å². The van der Waals surface area contributed by atoms with E-state index in [0.29, 0.717) is 12.0 Å². The van der Waals surface area contributed by atoms with E-state index in [9.17, 15) is 14.0 Å². The molecule has 1 aromatic carbocycles. The highest BCUT2D eigenvalue weighted by Crippen LogP contribution is 2.24. The Balaban J connectivity index is 2.25. The van der Waals surface area contributed by atoms with E-state index in [-0.39, 0.29) is 23.4 Å². The maximum atomic E-state index is 13.5. The largest absolute Gasteiger partial charge is 0.343 e. The summed E-state index contributed by atoms with van der Waals surface area (Å²) in [5, 5.41) is 2.72. The highest BCUT2D eigenvalue weighted by atomic mass is 35.5. The third-order valence-electron chi connectivity index (χ3n) is 3.69. The highest BCUT2D eigenvalue weighted by molar-refractivity contribution is 6.31. The topological polar surface area (TPSA) is 49.4 Å². The van der Waals surface area contributed by atoms with E-state index in [1.165, 1.54) is 11.0 Å². The maximum absolute atomic E-state index is 13.5. The Morgan fingerprint density at radius 3 is 2.76 bits per heavy atom. The molecule has 114 valence electrons. The van der Waals surface area contributed by atoms with Gasteiger partial charge in [0, 0.05) is 6.54 Å². The van der Waals surface area contributed by atoms with Gasteiger partial charge in [-0.05, 0) is 25.0 Å². The Bertz CT molecular complexity index is 565. The Kier molecular flexibility index (Phi) is 4.83. The van der Waals surface area contributed by atoms with Gasteiger partial charge >= 0.3 is 0 Å². The molecule has 4 nitrogen and oxygen atoms in total. The van der Waals surface area contributed by atoms with Crippen LogP contribution < -0.4 is 5.32 Å². The molecular weight excluding hydrogens is 295 g/mol. The van der Waals surface area contributed by atoms with Gasteiger partial charge in [0.25, 0.3) is 0 Å². The summed E-state index contributed by atoms with van der Waals surface area (Å²) in [6, 6.07) is 3.36. The molecule has 0 aromatic heterocycles. The molecule has 1 aliphatic rings. The van der Waals surface area contributed by atoms with Gasteiger partial charge in [-0.2, -0.15) is 0 Å². The number of carbonyl (C=O) groups excluding carboxylic acids is 2. The molecule has 2 atom stereocenters. The summed E-state index contributed by atoms with van der Waals surface area (Å²) in [5.74, 6) is -0.870. The number of hydrogen-bond acceptors (Lipinski definition) is 2. The molecule has 1 aliphatic heterocycles. The third kappa shape index (κ3) is 3.18. The first-order valence-electron chi connectivity index (χ1n) is 6.99. The van der Waals surface area contributed by atoms with Crippen molar-refractivity contribution in [3.63, 3.8) is 0 Å². The van der Waals surface area contributed by atoms with Crippen LogP contribution >= 0.6 is 11.6 Å².